The molecule has 0 aliphatic carbocycles. The first-order chi connectivity index (χ1) is 16.5. The molecule has 10 heteroatoms. The van der Waals surface area contributed by atoms with Crippen LogP contribution in [0.1, 0.15) is 34.1 Å². The summed E-state index contributed by atoms with van der Waals surface area (Å²) in [6.07, 6.45) is -4.69. The first-order valence-corrected chi connectivity index (χ1v) is 10.6. The number of carbonyl (C=O) groups is 2. The summed E-state index contributed by atoms with van der Waals surface area (Å²) < 4.78 is 48.4. The van der Waals surface area contributed by atoms with Crippen molar-refractivity contribution in [3.8, 4) is 11.6 Å². The van der Waals surface area contributed by atoms with Crippen LogP contribution in [0.5, 0.6) is 5.88 Å². The van der Waals surface area contributed by atoms with Crippen LogP contribution in [0.3, 0.4) is 0 Å². The number of aromatic nitrogens is 3. The van der Waals surface area contributed by atoms with E-state index in [4.69, 9.17) is 4.74 Å². The molecule has 1 N–H and O–H groups in total. The predicted molar refractivity (Wildman–Crippen MR) is 124 cm³/mol. The number of ketones is 1. The normalized spacial score (nSPS) is 11.5. The molecule has 0 aliphatic rings. The van der Waals surface area contributed by atoms with Crippen LogP contribution in [0.15, 0.2) is 54.6 Å². The molecule has 4 rings (SSSR count). The number of nitrogens with one attached hydrogen (secondary N) is 1. The lowest BCUT2D eigenvalue weighted by Crippen LogP contribution is -2.21. The van der Waals surface area contributed by atoms with Gasteiger partial charge in [0.05, 0.1) is 22.3 Å². The van der Waals surface area contributed by atoms with Crippen molar-refractivity contribution in [1.29, 1.82) is 0 Å². The third-order valence-corrected chi connectivity index (χ3v) is 5.30. The van der Waals surface area contributed by atoms with Gasteiger partial charge in [0.1, 0.15) is 0 Å². The third kappa shape index (κ3) is 5.16. The number of pyridine rings is 1. The van der Waals surface area contributed by atoms with Crippen molar-refractivity contribution in [2.45, 2.75) is 26.9 Å². The first kappa shape index (κ1) is 23.9. The lowest BCUT2D eigenvalue weighted by Gasteiger charge is -2.12. The number of rotatable bonds is 6. The van der Waals surface area contributed by atoms with Gasteiger partial charge >= 0.3 is 6.18 Å². The molecular weight excluding hydrogens is 461 g/mol. The van der Waals surface area contributed by atoms with Crippen molar-refractivity contribution in [2.24, 2.45) is 0 Å². The Labute approximate surface area is 198 Å². The number of halogens is 3. The number of hydrogen-bond acceptors (Lipinski definition) is 5. The molecule has 0 radical (unpaired) electrons. The molecule has 0 aliphatic heterocycles. The molecule has 2 aromatic heterocycles. The number of ether oxygens (including phenoxy) is 1. The number of alkyl halides is 3. The maximum Gasteiger partial charge on any atom is 0.417 e. The highest BCUT2D eigenvalue weighted by atomic mass is 19.4. The molecule has 4 aromatic rings. The average molecular weight is 482 g/mol. The number of hydrogen-bond donors (Lipinski definition) is 1. The number of nitrogens with zero attached hydrogens (tertiary/aromatic N) is 3. The number of Topliss-reactive ketones (excluding diaryl/α,β-unsaturated/α-hetero) is 1. The Morgan fingerprint density at radius 2 is 1.69 bits per heavy atom. The maximum atomic E-state index is 13.9. The van der Waals surface area contributed by atoms with E-state index in [2.05, 4.69) is 15.4 Å². The summed E-state index contributed by atoms with van der Waals surface area (Å²) >= 11 is 0. The second kappa shape index (κ2) is 9.21. The first-order valence-electron chi connectivity index (χ1n) is 10.6. The molecule has 0 unspecified atom stereocenters. The fourth-order valence-electron chi connectivity index (χ4n) is 3.55. The molecule has 0 fully saturated rings. The molecule has 1 amide bonds. The zero-order chi connectivity index (χ0) is 25.3. The van der Waals surface area contributed by atoms with Crippen LogP contribution in [0.4, 0.5) is 18.9 Å². The summed E-state index contributed by atoms with van der Waals surface area (Å²) in [4.78, 5) is 27.9. The summed E-state index contributed by atoms with van der Waals surface area (Å²) in [7, 11) is 0. The van der Waals surface area contributed by atoms with Crippen molar-refractivity contribution in [3.05, 3.63) is 77.0 Å². The smallest absolute Gasteiger partial charge is 0.417 e. The Morgan fingerprint density at radius 3 is 2.29 bits per heavy atom. The van der Waals surface area contributed by atoms with Gasteiger partial charge in [-0.15, -0.1) is 0 Å². The number of carbonyl (C=O) groups excluding carboxylic acids is 2. The van der Waals surface area contributed by atoms with Crippen LogP contribution in [0.25, 0.3) is 16.7 Å². The monoisotopic (exact) mass is 482 g/mol. The van der Waals surface area contributed by atoms with Gasteiger partial charge in [0.2, 0.25) is 5.88 Å². The van der Waals surface area contributed by atoms with Crippen molar-refractivity contribution in [1.82, 2.24) is 14.8 Å². The van der Waals surface area contributed by atoms with E-state index in [0.717, 1.165) is 11.6 Å². The molecule has 0 saturated carbocycles. The van der Waals surface area contributed by atoms with Gasteiger partial charge in [-0.05, 0) is 57.2 Å². The van der Waals surface area contributed by atoms with Gasteiger partial charge in [-0.25, -0.2) is 4.68 Å². The number of fused-ring (bicyclic) bond motifs is 1. The van der Waals surface area contributed by atoms with E-state index in [1.54, 1.807) is 36.4 Å². The SMILES string of the molecule is CC(=O)c1ccc(NC(=O)COc2cc(C(F)(F)F)c3c(C)nn(-c4ccc(C)cc4)c3n2)cc1. The second-order valence-electron chi connectivity index (χ2n) is 8.01. The molecule has 35 heavy (non-hydrogen) atoms. The van der Waals surface area contributed by atoms with Crippen LogP contribution < -0.4 is 10.1 Å². The van der Waals surface area contributed by atoms with Gasteiger partial charge < -0.3 is 10.1 Å². The van der Waals surface area contributed by atoms with Gasteiger partial charge in [-0.3, -0.25) is 9.59 Å². The quantitative estimate of drug-likeness (QED) is 0.378. The van der Waals surface area contributed by atoms with Crippen LogP contribution >= 0.6 is 0 Å². The molecule has 0 bridgehead atoms. The molecular formula is C25H21F3N4O3. The summed E-state index contributed by atoms with van der Waals surface area (Å²) in [5.41, 5.74) is 1.60. The Kier molecular flexibility index (Phi) is 6.29. The van der Waals surface area contributed by atoms with Crippen molar-refractivity contribution < 1.29 is 27.5 Å². The maximum absolute atomic E-state index is 13.9. The van der Waals surface area contributed by atoms with E-state index >= 15 is 0 Å². The average Bonchev–Trinajstić information content (AvgIpc) is 3.13. The van der Waals surface area contributed by atoms with E-state index < -0.39 is 24.3 Å². The minimum absolute atomic E-state index is 0.0311. The van der Waals surface area contributed by atoms with E-state index in [9.17, 15) is 22.8 Å². The number of aryl methyl sites for hydroxylation is 2. The van der Waals surface area contributed by atoms with E-state index in [1.807, 2.05) is 19.1 Å². The largest absolute Gasteiger partial charge is 0.467 e. The van der Waals surface area contributed by atoms with Crippen LogP contribution in [-0.4, -0.2) is 33.1 Å². The zero-order valence-corrected chi connectivity index (χ0v) is 19.1. The second-order valence-corrected chi connectivity index (χ2v) is 8.01. The highest BCUT2D eigenvalue weighted by molar-refractivity contribution is 5.96. The van der Waals surface area contributed by atoms with Gasteiger partial charge in [0, 0.05) is 17.3 Å². The highest BCUT2D eigenvalue weighted by Gasteiger charge is 2.36. The molecule has 0 saturated heterocycles. The van der Waals surface area contributed by atoms with Gasteiger partial charge in [-0.2, -0.15) is 23.3 Å². The predicted octanol–water partition coefficient (Wildman–Crippen LogP) is 5.28. The Morgan fingerprint density at radius 1 is 1.03 bits per heavy atom. The van der Waals surface area contributed by atoms with E-state index in [-0.39, 0.29) is 28.4 Å². The van der Waals surface area contributed by atoms with Gasteiger partial charge in [0.15, 0.2) is 18.0 Å². The number of amides is 1. The fraction of sp³-hybridized carbons (Fsp3) is 0.200. The molecule has 7 nitrogen and oxygen atoms in total. The third-order valence-electron chi connectivity index (χ3n) is 5.30. The van der Waals surface area contributed by atoms with Crippen LogP contribution in [-0.2, 0) is 11.0 Å². The lowest BCUT2D eigenvalue weighted by molar-refractivity contribution is -0.136. The molecule has 0 spiro atoms. The van der Waals surface area contributed by atoms with Crippen LogP contribution in [0.2, 0.25) is 0 Å². The Balaban J connectivity index is 1.63. The summed E-state index contributed by atoms with van der Waals surface area (Å²) in [6.45, 7) is 4.23. The molecule has 0 atom stereocenters. The highest BCUT2D eigenvalue weighted by Crippen LogP contribution is 2.38. The zero-order valence-electron chi connectivity index (χ0n) is 19.1. The standard InChI is InChI=1S/C25H21F3N4O3/c1-14-4-10-19(11-5-14)32-24-23(15(2)31-32)20(25(26,27)28)12-22(30-24)35-13-21(34)29-18-8-6-17(7-9-18)16(3)33/h4-12H,13H2,1-3H3,(H,29,34). The Bertz CT molecular complexity index is 1410. The topological polar surface area (TPSA) is 86.1 Å². The van der Waals surface area contributed by atoms with Crippen LogP contribution in [0, 0.1) is 13.8 Å². The minimum atomic E-state index is -4.69. The van der Waals surface area contributed by atoms with Gasteiger partial charge in [-0.1, -0.05) is 17.7 Å². The lowest BCUT2D eigenvalue weighted by atomic mass is 10.1. The van der Waals surface area contributed by atoms with Gasteiger partial charge in [0.25, 0.3) is 5.91 Å². The summed E-state index contributed by atoms with van der Waals surface area (Å²) in [5.74, 6) is -1.08. The van der Waals surface area contributed by atoms with Crippen molar-refractivity contribution >= 4 is 28.4 Å². The van der Waals surface area contributed by atoms with E-state index in [0.29, 0.717) is 16.9 Å². The molecule has 180 valence electrons. The molecule has 2 aromatic carbocycles. The minimum Gasteiger partial charge on any atom is -0.467 e. The van der Waals surface area contributed by atoms with E-state index in [1.165, 1.54) is 18.5 Å². The summed E-state index contributed by atoms with van der Waals surface area (Å²) in [6, 6.07) is 14.1. The van der Waals surface area contributed by atoms with Crippen molar-refractivity contribution in [3.63, 3.8) is 0 Å². The fourth-order valence-corrected chi connectivity index (χ4v) is 3.55. The molecule has 2 heterocycles. The summed E-state index contributed by atoms with van der Waals surface area (Å²) in [5, 5.41) is 6.70. The Hall–Kier alpha value is -4.21. The number of anilines is 1. The van der Waals surface area contributed by atoms with Crippen molar-refractivity contribution in [2.75, 3.05) is 11.9 Å². The number of benzene rings is 2.